The van der Waals surface area contributed by atoms with Crippen LogP contribution >= 0.6 is 35.6 Å². The molecule has 0 unspecified atom stereocenters. The summed E-state index contributed by atoms with van der Waals surface area (Å²) < 4.78 is 0. The maximum absolute atomic E-state index is 12.5. The molecule has 2 N–H and O–H groups in total. The number of amides is 1. The van der Waals surface area contributed by atoms with Crippen molar-refractivity contribution in [2.45, 2.75) is 39.3 Å². The van der Waals surface area contributed by atoms with Crippen LogP contribution in [0.3, 0.4) is 0 Å². The predicted octanol–water partition coefficient (Wildman–Crippen LogP) is 4.38. The van der Waals surface area contributed by atoms with Gasteiger partial charge in [0, 0.05) is 44.2 Å². The van der Waals surface area contributed by atoms with Crippen LogP contribution in [0.15, 0.2) is 53.5 Å². The van der Waals surface area contributed by atoms with E-state index in [1.165, 1.54) is 16.7 Å². The van der Waals surface area contributed by atoms with E-state index in [9.17, 15) is 4.79 Å². The number of fused-ring (bicyclic) bond motifs is 1. The summed E-state index contributed by atoms with van der Waals surface area (Å²) in [4.78, 5) is 19.0. The molecule has 1 aliphatic rings. The lowest BCUT2D eigenvalue weighted by atomic mass is 10.1. The Morgan fingerprint density at radius 2 is 1.73 bits per heavy atom. The number of benzene rings is 2. The van der Waals surface area contributed by atoms with Gasteiger partial charge in [-0.15, -0.1) is 24.0 Å². The van der Waals surface area contributed by atoms with E-state index >= 15 is 0 Å². The van der Waals surface area contributed by atoms with E-state index in [2.05, 4.69) is 27.8 Å². The van der Waals surface area contributed by atoms with E-state index in [0.717, 1.165) is 50.0 Å². The zero-order valence-electron chi connectivity index (χ0n) is 17.4. The van der Waals surface area contributed by atoms with Crippen LogP contribution in [-0.2, 0) is 24.3 Å². The molecule has 1 amide bonds. The number of aliphatic imine (C=N–C) groups is 1. The van der Waals surface area contributed by atoms with Crippen LogP contribution in [0.2, 0.25) is 5.02 Å². The average molecular weight is 541 g/mol. The molecule has 5 nitrogen and oxygen atoms in total. The molecule has 0 radical (unpaired) electrons. The molecule has 0 aliphatic carbocycles. The molecule has 30 heavy (non-hydrogen) atoms. The number of carbonyl (C=O) groups is 1. The molecule has 0 spiro atoms. The summed E-state index contributed by atoms with van der Waals surface area (Å²) in [5.41, 5.74) is 3.76. The van der Waals surface area contributed by atoms with E-state index in [4.69, 9.17) is 11.6 Å². The minimum atomic E-state index is 0. The van der Waals surface area contributed by atoms with E-state index in [1.807, 2.05) is 48.2 Å². The molecule has 3 rings (SSSR count). The van der Waals surface area contributed by atoms with E-state index in [1.54, 1.807) is 0 Å². The highest BCUT2D eigenvalue weighted by molar-refractivity contribution is 14.0. The van der Waals surface area contributed by atoms with Gasteiger partial charge in [-0.25, -0.2) is 0 Å². The van der Waals surface area contributed by atoms with Crippen molar-refractivity contribution in [1.82, 2.24) is 15.5 Å². The van der Waals surface area contributed by atoms with Gasteiger partial charge in [-0.3, -0.25) is 9.79 Å². The van der Waals surface area contributed by atoms with Gasteiger partial charge in [0.2, 0.25) is 5.91 Å². The second kappa shape index (κ2) is 12.8. The molecule has 0 saturated carbocycles. The molecule has 0 aromatic heterocycles. The number of nitrogens with zero attached hydrogens (tertiary/aromatic N) is 2. The van der Waals surface area contributed by atoms with Gasteiger partial charge < -0.3 is 15.5 Å². The number of carbonyl (C=O) groups excluding carboxylic acids is 1. The number of nitrogens with one attached hydrogen (secondary N) is 2. The van der Waals surface area contributed by atoms with Crippen molar-refractivity contribution in [1.29, 1.82) is 0 Å². The quantitative estimate of drug-likeness (QED) is 0.226. The van der Waals surface area contributed by atoms with Crippen molar-refractivity contribution in [2.24, 2.45) is 4.99 Å². The molecular weight excluding hydrogens is 511 g/mol. The van der Waals surface area contributed by atoms with Gasteiger partial charge in [-0.05, 0) is 48.6 Å². The summed E-state index contributed by atoms with van der Waals surface area (Å²) in [6, 6.07) is 16.2. The first-order valence-corrected chi connectivity index (χ1v) is 10.6. The lowest BCUT2D eigenvalue weighted by molar-refractivity contribution is -0.131. The van der Waals surface area contributed by atoms with Crippen molar-refractivity contribution in [3.8, 4) is 0 Å². The molecule has 0 atom stereocenters. The minimum absolute atomic E-state index is 0. The number of hydrogen-bond donors (Lipinski definition) is 2. The Morgan fingerprint density at radius 1 is 1.07 bits per heavy atom. The Balaban J connectivity index is 0.00000320. The fraction of sp³-hybridized carbons (Fsp3) is 0.391. The Hall–Kier alpha value is -1.80. The van der Waals surface area contributed by atoms with Crippen LogP contribution < -0.4 is 10.6 Å². The fourth-order valence-electron chi connectivity index (χ4n) is 3.41. The Morgan fingerprint density at radius 3 is 2.37 bits per heavy atom. The van der Waals surface area contributed by atoms with E-state index < -0.39 is 0 Å². The largest absolute Gasteiger partial charge is 0.357 e. The Bertz CT molecular complexity index is 816. The normalized spacial score (nSPS) is 12.9. The minimum Gasteiger partial charge on any atom is -0.357 e. The highest BCUT2D eigenvalue weighted by Gasteiger charge is 2.22. The number of rotatable bonds is 8. The summed E-state index contributed by atoms with van der Waals surface area (Å²) in [6.07, 6.45) is 2.18. The van der Waals surface area contributed by atoms with Gasteiger partial charge in [0.25, 0.3) is 0 Å². The first-order valence-electron chi connectivity index (χ1n) is 10.3. The molecule has 7 heteroatoms. The highest BCUT2D eigenvalue weighted by atomic mass is 127. The van der Waals surface area contributed by atoms with Gasteiger partial charge >= 0.3 is 0 Å². The summed E-state index contributed by atoms with van der Waals surface area (Å²) in [5, 5.41) is 7.36. The Kier molecular flexibility index (Phi) is 10.4. The van der Waals surface area contributed by atoms with Gasteiger partial charge in [0.15, 0.2) is 5.96 Å². The van der Waals surface area contributed by atoms with Crippen molar-refractivity contribution in [3.63, 3.8) is 0 Å². The molecule has 1 aliphatic heterocycles. The molecule has 2 aromatic rings. The van der Waals surface area contributed by atoms with Crippen molar-refractivity contribution >= 4 is 47.4 Å². The summed E-state index contributed by atoms with van der Waals surface area (Å²) in [5.74, 6) is 1.000. The number of halogens is 2. The average Bonchev–Trinajstić information content (AvgIpc) is 3.17. The number of guanidine groups is 1. The fourth-order valence-corrected chi connectivity index (χ4v) is 3.53. The SMILES string of the molecule is CCNC(=NCCCC(=O)N1Cc2ccccc2C1)NCCc1ccc(Cl)cc1.I. The van der Waals surface area contributed by atoms with Crippen LogP contribution in [0.25, 0.3) is 0 Å². The number of hydrogen-bond acceptors (Lipinski definition) is 2. The molecule has 162 valence electrons. The van der Waals surface area contributed by atoms with Crippen molar-refractivity contribution in [2.75, 3.05) is 19.6 Å². The third-order valence-corrected chi connectivity index (χ3v) is 5.23. The molecule has 2 aromatic carbocycles. The third kappa shape index (κ3) is 7.47. The predicted molar refractivity (Wildman–Crippen MR) is 134 cm³/mol. The van der Waals surface area contributed by atoms with E-state index in [0.29, 0.717) is 13.0 Å². The molecule has 0 fully saturated rings. The zero-order chi connectivity index (χ0) is 20.5. The van der Waals surface area contributed by atoms with E-state index in [-0.39, 0.29) is 29.9 Å². The van der Waals surface area contributed by atoms with Crippen LogP contribution in [0.5, 0.6) is 0 Å². The Labute approximate surface area is 201 Å². The van der Waals surface area contributed by atoms with Crippen LogP contribution in [0.1, 0.15) is 36.5 Å². The molecule has 0 saturated heterocycles. The smallest absolute Gasteiger partial charge is 0.223 e. The van der Waals surface area contributed by atoms with Crippen molar-refractivity contribution < 1.29 is 4.79 Å². The van der Waals surface area contributed by atoms with Crippen LogP contribution in [-0.4, -0.2) is 36.4 Å². The highest BCUT2D eigenvalue weighted by Crippen LogP contribution is 2.22. The molecule has 1 heterocycles. The summed E-state index contributed by atoms with van der Waals surface area (Å²) in [7, 11) is 0. The van der Waals surface area contributed by atoms with Crippen LogP contribution in [0, 0.1) is 0 Å². The maximum Gasteiger partial charge on any atom is 0.223 e. The lowest BCUT2D eigenvalue weighted by Gasteiger charge is -2.15. The maximum atomic E-state index is 12.5. The second-order valence-electron chi connectivity index (χ2n) is 7.19. The van der Waals surface area contributed by atoms with Gasteiger partial charge in [-0.2, -0.15) is 0 Å². The second-order valence-corrected chi connectivity index (χ2v) is 7.62. The summed E-state index contributed by atoms with van der Waals surface area (Å²) in [6.45, 7) is 5.73. The zero-order valence-corrected chi connectivity index (χ0v) is 20.5. The van der Waals surface area contributed by atoms with Crippen molar-refractivity contribution in [3.05, 3.63) is 70.2 Å². The molecular formula is C23H30ClIN4O. The van der Waals surface area contributed by atoms with Gasteiger partial charge in [0.1, 0.15) is 0 Å². The first kappa shape index (κ1) is 24.5. The standard InChI is InChI=1S/C23H29ClN4O.HI/c1-2-25-23(27-15-13-18-9-11-21(24)12-10-18)26-14-5-8-22(29)28-16-19-6-3-4-7-20(19)17-28;/h3-4,6-7,9-12H,2,5,8,13-17H2,1H3,(H2,25,26,27);1H. The molecule has 0 bridgehead atoms. The van der Waals surface area contributed by atoms with Crippen LogP contribution in [0.4, 0.5) is 0 Å². The monoisotopic (exact) mass is 540 g/mol. The first-order chi connectivity index (χ1) is 14.2. The van der Waals surface area contributed by atoms with Gasteiger partial charge in [0.05, 0.1) is 0 Å². The lowest BCUT2D eigenvalue weighted by Crippen LogP contribution is -2.38. The third-order valence-electron chi connectivity index (χ3n) is 4.98. The van der Waals surface area contributed by atoms with Gasteiger partial charge in [-0.1, -0.05) is 48.0 Å². The topological polar surface area (TPSA) is 56.7 Å². The summed E-state index contributed by atoms with van der Waals surface area (Å²) >= 11 is 5.92.